The fourth-order valence-corrected chi connectivity index (χ4v) is 4.51. The molecule has 0 aliphatic carbocycles. The molecule has 2 aromatic rings. The molecule has 4 amide bonds. The van der Waals surface area contributed by atoms with Crippen molar-refractivity contribution in [1.29, 1.82) is 0 Å². The zero-order chi connectivity index (χ0) is 25.2. The van der Waals surface area contributed by atoms with Crippen LogP contribution < -0.4 is 5.32 Å². The Labute approximate surface area is 199 Å². The number of nitrogens with one attached hydrogen (secondary N) is 1. The molecule has 184 valence electrons. The van der Waals surface area contributed by atoms with Crippen molar-refractivity contribution in [2.24, 2.45) is 5.92 Å². The van der Waals surface area contributed by atoms with Gasteiger partial charge in [-0.1, -0.05) is 42.5 Å². The lowest BCUT2D eigenvalue weighted by molar-refractivity contribution is -0.186. The number of rotatable bonds is 6. The van der Waals surface area contributed by atoms with Gasteiger partial charge >= 0.3 is 12.1 Å². The quantitative estimate of drug-likeness (QED) is 0.635. The Morgan fingerprint density at radius 3 is 2.00 bits per heavy atom. The van der Waals surface area contributed by atoms with E-state index < -0.39 is 35.8 Å². The third-order valence-electron chi connectivity index (χ3n) is 6.42. The van der Waals surface area contributed by atoms with Crippen LogP contribution in [0.3, 0.4) is 0 Å². The van der Waals surface area contributed by atoms with Gasteiger partial charge in [0.25, 0.3) is 11.8 Å². The van der Waals surface area contributed by atoms with Crippen LogP contribution in [0.5, 0.6) is 0 Å². The maximum Gasteiger partial charge on any atom is 0.471 e. The van der Waals surface area contributed by atoms with Crippen LogP contribution in [0, 0.1) is 5.92 Å². The lowest BCUT2D eigenvalue weighted by Gasteiger charge is -2.33. The highest BCUT2D eigenvalue weighted by Crippen LogP contribution is 2.27. The molecule has 0 bridgehead atoms. The van der Waals surface area contributed by atoms with Gasteiger partial charge in [-0.3, -0.25) is 24.1 Å². The molecule has 2 aliphatic rings. The number of carbonyl (C=O) groups is 4. The fourth-order valence-electron chi connectivity index (χ4n) is 4.51. The van der Waals surface area contributed by atoms with E-state index in [0.717, 1.165) is 15.4 Å². The molecule has 0 radical (unpaired) electrons. The summed E-state index contributed by atoms with van der Waals surface area (Å²) in [6, 6.07) is 14.3. The Balaban J connectivity index is 1.44. The summed E-state index contributed by atoms with van der Waals surface area (Å²) in [5, 5.41) is 2.78. The van der Waals surface area contributed by atoms with Crippen molar-refractivity contribution in [1.82, 2.24) is 15.1 Å². The molecule has 0 aromatic heterocycles. The number of hydrogen-bond acceptors (Lipinski definition) is 4. The monoisotopic (exact) mass is 487 g/mol. The first kappa shape index (κ1) is 24.4. The molecule has 10 heteroatoms. The average molecular weight is 487 g/mol. The lowest BCUT2D eigenvalue weighted by Crippen LogP contribution is -2.52. The van der Waals surface area contributed by atoms with E-state index in [1.165, 1.54) is 0 Å². The first-order valence-electron chi connectivity index (χ1n) is 11.3. The van der Waals surface area contributed by atoms with Gasteiger partial charge in [-0.15, -0.1) is 0 Å². The van der Waals surface area contributed by atoms with Crippen molar-refractivity contribution in [2.75, 3.05) is 19.6 Å². The summed E-state index contributed by atoms with van der Waals surface area (Å²) in [5.41, 5.74) is 1.25. The molecule has 2 aromatic carbocycles. The number of benzene rings is 2. The van der Waals surface area contributed by atoms with Gasteiger partial charge in [0.15, 0.2) is 0 Å². The molecule has 35 heavy (non-hydrogen) atoms. The second-order valence-electron chi connectivity index (χ2n) is 8.71. The zero-order valence-electron chi connectivity index (χ0n) is 18.8. The van der Waals surface area contributed by atoms with E-state index >= 15 is 0 Å². The molecule has 0 spiro atoms. The van der Waals surface area contributed by atoms with Gasteiger partial charge in [-0.2, -0.15) is 13.2 Å². The zero-order valence-corrected chi connectivity index (χ0v) is 18.8. The smallest absolute Gasteiger partial charge is 0.354 e. The predicted molar refractivity (Wildman–Crippen MR) is 119 cm³/mol. The molecular formula is C25H24F3N3O4. The van der Waals surface area contributed by atoms with Gasteiger partial charge in [0, 0.05) is 26.1 Å². The Kier molecular flexibility index (Phi) is 6.90. The van der Waals surface area contributed by atoms with Gasteiger partial charge in [0.1, 0.15) is 6.04 Å². The van der Waals surface area contributed by atoms with E-state index in [4.69, 9.17) is 0 Å². The number of imide groups is 1. The van der Waals surface area contributed by atoms with Crippen molar-refractivity contribution in [2.45, 2.75) is 31.5 Å². The van der Waals surface area contributed by atoms with E-state index in [0.29, 0.717) is 12.8 Å². The highest BCUT2D eigenvalue weighted by Gasteiger charge is 2.44. The summed E-state index contributed by atoms with van der Waals surface area (Å²) in [6.45, 7) is 0.0663. The summed E-state index contributed by atoms with van der Waals surface area (Å²) in [4.78, 5) is 52.5. The van der Waals surface area contributed by atoms with Gasteiger partial charge < -0.3 is 10.2 Å². The Hall–Kier alpha value is -3.69. The first-order valence-corrected chi connectivity index (χ1v) is 11.3. The summed E-state index contributed by atoms with van der Waals surface area (Å²) in [6.07, 6.45) is -4.17. The van der Waals surface area contributed by atoms with Crippen LogP contribution >= 0.6 is 0 Å². The normalized spacial score (nSPS) is 17.3. The minimum absolute atomic E-state index is 0.0509. The van der Waals surface area contributed by atoms with Crippen molar-refractivity contribution >= 4 is 23.6 Å². The largest absolute Gasteiger partial charge is 0.471 e. The average Bonchev–Trinajstić information content (AvgIpc) is 3.11. The van der Waals surface area contributed by atoms with Crippen molar-refractivity contribution in [3.05, 3.63) is 71.3 Å². The number of piperidine rings is 1. The van der Waals surface area contributed by atoms with Crippen LogP contribution in [0.1, 0.15) is 39.1 Å². The molecule has 1 N–H and O–H groups in total. The third kappa shape index (κ3) is 5.21. The van der Waals surface area contributed by atoms with Crippen LogP contribution in [0.4, 0.5) is 13.2 Å². The van der Waals surface area contributed by atoms with Crippen LogP contribution in [0.15, 0.2) is 54.6 Å². The van der Waals surface area contributed by atoms with Crippen molar-refractivity contribution in [3.63, 3.8) is 0 Å². The van der Waals surface area contributed by atoms with E-state index in [2.05, 4.69) is 5.32 Å². The second-order valence-corrected chi connectivity index (χ2v) is 8.71. The maximum absolute atomic E-state index is 13.3. The van der Waals surface area contributed by atoms with Gasteiger partial charge in [-0.25, -0.2) is 0 Å². The predicted octanol–water partition coefficient (Wildman–Crippen LogP) is 2.81. The van der Waals surface area contributed by atoms with Crippen LogP contribution in [-0.4, -0.2) is 65.3 Å². The molecular weight excluding hydrogens is 463 g/mol. The lowest BCUT2D eigenvalue weighted by atomic mass is 9.96. The molecule has 2 aliphatic heterocycles. The van der Waals surface area contributed by atoms with E-state index in [1.54, 1.807) is 48.5 Å². The molecule has 4 rings (SSSR count). The highest BCUT2D eigenvalue weighted by molar-refractivity contribution is 6.22. The van der Waals surface area contributed by atoms with Gasteiger partial charge in [0.05, 0.1) is 11.1 Å². The molecule has 1 saturated heterocycles. The van der Waals surface area contributed by atoms with Crippen molar-refractivity contribution in [3.8, 4) is 0 Å². The first-order chi connectivity index (χ1) is 16.7. The van der Waals surface area contributed by atoms with Gasteiger partial charge in [-0.05, 0) is 36.5 Å². The summed E-state index contributed by atoms with van der Waals surface area (Å²) in [5.74, 6) is -3.58. The fraction of sp³-hybridized carbons (Fsp3) is 0.360. The van der Waals surface area contributed by atoms with Gasteiger partial charge in [0.2, 0.25) is 5.91 Å². The second kappa shape index (κ2) is 9.89. The minimum atomic E-state index is -4.90. The Morgan fingerprint density at radius 1 is 0.914 bits per heavy atom. The number of likely N-dealkylation sites (tertiary alicyclic amines) is 1. The number of hydrogen-bond donors (Lipinski definition) is 1. The molecule has 2 heterocycles. The SMILES string of the molecule is O=C(NCC1CCN(C(=O)C(F)(F)F)CC1)C(Cc1ccccc1)N1C(=O)c2ccccc2C1=O. The standard InChI is InChI=1S/C25H24F3N3O4/c26-25(27,28)24(35)30-12-10-17(11-13-30)15-29-21(32)20(14-16-6-2-1-3-7-16)31-22(33)18-8-4-5-9-19(18)23(31)34/h1-9,17,20H,10-15H2,(H,29,32). The molecule has 7 nitrogen and oxygen atoms in total. The van der Waals surface area contributed by atoms with Crippen LogP contribution in [-0.2, 0) is 16.0 Å². The summed E-state index contributed by atoms with van der Waals surface area (Å²) < 4.78 is 38.0. The van der Waals surface area contributed by atoms with Crippen LogP contribution in [0.25, 0.3) is 0 Å². The third-order valence-corrected chi connectivity index (χ3v) is 6.42. The molecule has 1 unspecified atom stereocenters. The molecule has 1 fully saturated rings. The van der Waals surface area contributed by atoms with E-state index in [9.17, 15) is 32.3 Å². The number of amides is 4. The molecule has 0 saturated carbocycles. The summed E-state index contributed by atoms with van der Waals surface area (Å²) in [7, 11) is 0. The van der Waals surface area contributed by atoms with Crippen LogP contribution in [0.2, 0.25) is 0 Å². The van der Waals surface area contributed by atoms with E-state index in [-0.39, 0.29) is 43.1 Å². The summed E-state index contributed by atoms with van der Waals surface area (Å²) >= 11 is 0. The maximum atomic E-state index is 13.3. The Morgan fingerprint density at radius 2 is 1.46 bits per heavy atom. The Bertz CT molecular complexity index is 1090. The number of alkyl halides is 3. The number of carbonyl (C=O) groups excluding carboxylic acids is 4. The number of halogens is 3. The number of fused-ring (bicyclic) bond motifs is 1. The van der Waals surface area contributed by atoms with Crippen molar-refractivity contribution < 1.29 is 32.3 Å². The number of nitrogens with zero attached hydrogens (tertiary/aromatic N) is 2. The van der Waals surface area contributed by atoms with E-state index in [1.807, 2.05) is 6.07 Å². The topological polar surface area (TPSA) is 86.8 Å². The molecule has 1 atom stereocenters. The highest BCUT2D eigenvalue weighted by atomic mass is 19.4. The minimum Gasteiger partial charge on any atom is -0.354 e.